The Bertz CT molecular complexity index is 628. The molecule has 2 aromatic heterocycles. The van der Waals surface area contributed by atoms with E-state index in [0.29, 0.717) is 5.78 Å². The number of fused-ring (bicyclic) bond motifs is 1. The zero-order chi connectivity index (χ0) is 11.0. The van der Waals surface area contributed by atoms with E-state index in [9.17, 15) is 0 Å². The van der Waals surface area contributed by atoms with Gasteiger partial charge in [-0.1, -0.05) is 30.3 Å². The monoisotopic (exact) mass is 210 g/mol. The number of aromatic nitrogens is 4. The topological polar surface area (TPSA) is 43.1 Å². The van der Waals surface area contributed by atoms with Gasteiger partial charge in [-0.25, -0.2) is 4.98 Å². The molecule has 0 saturated carbocycles. The van der Waals surface area contributed by atoms with Gasteiger partial charge in [0.25, 0.3) is 5.78 Å². The van der Waals surface area contributed by atoms with E-state index in [0.717, 1.165) is 17.1 Å². The lowest BCUT2D eigenvalue weighted by Gasteiger charge is -2.00. The maximum atomic E-state index is 4.46. The molecule has 0 radical (unpaired) electrons. The van der Waals surface area contributed by atoms with Gasteiger partial charge >= 0.3 is 0 Å². The van der Waals surface area contributed by atoms with Crippen molar-refractivity contribution in [2.45, 2.75) is 6.92 Å². The van der Waals surface area contributed by atoms with Crippen LogP contribution in [0.5, 0.6) is 0 Å². The summed E-state index contributed by atoms with van der Waals surface area (Å²) in [7, 11) is 0. The van der Waals surface area contributed by atoms with Crippen molar-refractivity contribution < 1.29 is 0 Å². The summed E-state index contributed by atoms with van der Waals surface area (Å²) in [4.78, 5) is 4.46. The molecule has 4 nitrogen and oxygen atoms in total. The van der Waals surface area contributed by atoms with Crippen LogP contribution in [0.15, 0.2) is 42.6 Å². The van der Waals surface area contributed by atoms with Crippen LogP contribution in [0.4, 0.5) is 0 Å². The molecule has 1 aromatic carbocycles. The summed E-state index contributed by atoms with van der Waals surface area (Å²) in [5, 5.41) is 7.99. The molecule has 0 N–H and O–H groups in total. The van der Waals surface area contributed by atoms with Crippen LogP contribution in [0, 0.1) is 6.92 Å². The summed E-state index contributed by atoms with van der Waals surface area (Å²) in [6.07, 6.45) is 1.94. The van der Waals surface area contributed by atoms with Crippen molar-refractivity contribution in [3.05, 3.63) is 48.4 Å². The van der Waals surface area contributed by atoms with E-state index in [1.54, 1.807) is 0 Å². The highest BCUT2D eigenvalue weighted by molar-refractivity contribution is 5.60. The highest BCUT2D eigenvalue weighted by atomic mass is 15.3. The largest absolute Gasteiger partial charge is 0.271 e. The third-order valence-corrected chi connectivity index (χ3v) is 2.52. The molecule has 0 unspecified atom stereocenters. The maximum absolute atomic E-state index is 4.46. The molecule has 0 atom stereocenters. The Morgan fingerprint density at radius 3 is 2.62 bits per heavy atom. The molecule has 78 valence electrons. The summed E-state index contributed by atoms with van der Waals surface area (Å²) in [6.45, 7) is 1.91. The van der Waals surface area contributed by atoms with Crippen LogP contribution >= 0.6 is 0 Å². The van der Waals surface area contributed by atoms with Crippen LogP contribution in [-0.2, 0) is 0 Å². The standard InChI is InChI=1S/C12H10N4/c1-9-14-15-12-13-11(7-8-16(9)12)10-5-3-2-4-6-10/h2-8H,1H3. The summed E-state index contributed by atoms with van der Waals surface area (Å²) >= 11 is 0. The first-order valence-electron chi connectivity index (χ1n) is 5.08. The number of benzene rings is 1. The third kappa shape index (κ3) is 1.35. The summed E-state index contributed by atoms with van der Waals surface area (Å²) in [6, 6.07) is 12.0. The Kier molecular flexibility index (Phi) is 1.93. The fraction of sp³-hybridized carbons (Fsp3) is 0.0833. The van der Waals surface area contributed by atoms with E-state index >= 15 is 0 Å². The minimum Gasteiger partial charge on any atom is -0.271 e. The van der Waals surface area contributed by atoms with Crippen LogP contribution in [0.3, 0.4) is 0 Å². The number of aryl methyl sites for hydroxylation is 1. The SMILES string of the molecule is Cc1nnc2nc(-c3ccccc3)ccn12. The van der Waals surface area contributed by atoms with Gasteiger partial charge in [-0.05, 0) is 13.0 Å². The van der Waals surface area contributed by atoms with E-state index in [-0.39, 0.29) is 0 Å². The Labute approximate surface area is 92.6 Å². The molecule has 3 aromatic rings. The number of hydrogen-bond acceptors (Lipinski definition) is 3. The average Bonchev–Trinajstić information content (AvgIpc) is 2.72. The number of hydrogen-bond donors (Lipinski definition) is 0. The minimum absolute atomic E-state index is 0.638. The van der Waals surface area contributed by atoms with Gasteiger partial charge in [-0.2, -0.15) is 0 Å². The molecule has 0 bridgehead atoms. The van der Waals surface area contributed by atoms with Gasteiger partial charge in [-0.3, -0.25) is 4.40 Å². The van der Waals surface area contributed by atoms with E-state index in [4.69, 9.17) is 0 Å². The minimum atomic E-state index is 0.638. The van der Waals surface area contributed by atoms with Crippen molar-refractivity contribution in [2.75, 3.05) is 0 Å². The van der Waals surface area contributed by atoms with E-state index in [2.05, 4.69) is 15.2 Å². The molecule has 0 saturated heterocycles. The van der Waals surface area contributed by atoms with Crippen molar-refractivity contribution >= 4 is 5.78 Å². The van der Waals surface area contributed by atoms with E-state index < -0.39 is 0 Å². The van der Waals surface area contributed by atoms with Crippen LogP contribution in [0.25, 0.3) is 17.0 Å². The molecular weight excluding hydrogens is 200 g/mol. The molecule has 0 aliphatic heterocycles. The fourth-order valence-electron chi connectivity index (χ4n) is 1.67. The predicted molar refractivity (Wildman–Crippen MR) is 61.0 cm³/mol. The second kappa shape index (κ2) is 3.41. The smallest absolute Gasteiger partial charge is 0.255 e. The zero-order valence-corrected chi connectivity index (χ0v) is 8.83. The summed E-state index contributed by atoms with van der Waals surface area (Å²) < 4.78 is 1.87. The predicted octanol–water partition coefficient (Wildman–Crippen LogP) is 2.10. The maximum Gasteiger partial charge on any atom is 0.255 e. The summed E-state index contributed by atoms with van der Waals surface area (Å²) in [5.41, 5.74) is 2.01. The Morgan fingerprint density at radius 2 is 1.81 bits per heavy atom. The number of rotatable bonds is 1. The summed E-state index contributed by atoms with van der Waals surface area (Å²) in [5.74, 6) is 1.49. The highest BCUT2D eigenvalue weighted by Crippen LogP contribution is 2.16. The van der Waals surface area contributed by atoms with Gasteiger partial charge in [-0.15, -0.1) is 10.2 Å². The molecule has 4 heteroatoms. The first-order chi connectivity index (χ1) is 7.84. The van der Waals surface area contributed by atoms with Crippen LogP contribution < -0.4 is 0 Å². The molecule has 3 rings (SSSR count). The van der Waals surface area contributed by atoms with Crippen LogP contribution in [-0.4, -0.2) is 19.6 Å². The molecule has 0 fully saturated rings. The van der Waals surface area contributed by atoms with Gasteiger partial charge in [0.1, 0.15) is 5.82 Å². The molecule has 0 spiro atoms. The molecular formula is C12H10N4. The molecule has 2 heterocycles. The zero-order valence-electron chi connectivity index (χ0n) is 8.83. The van der Waals surface area contributed by atoms with E-state index in [1.165, 1.54) is 0 Å². The van der Waals surface area contributed by atoms with Gasteiger partial charge < -0.3 is 0 Å². The lowest BCUT2D eigenvalue weighted by atomic mass is 10.1. The molecule has 0 aliphatic rings. The second-order valence-electron chi connectivity index (χ2n) is 3.60. The van der Waals surface area contributed by atoms with Gasteiger partial charge in [0.05, 0.1) is 5.69 Å². The lowest BCUT2D eigenvalue weighted by Crippen LogP contribution is -1.92. The van der Waals surface area contributed by atoms with Gasteiger partial charge in [0, 0.05) is 11.8 Å². The third-order valence-electron chi connectivity index (χ3n) is 2.52. The van der Waals surface area contributed by atoms with E-state index in [1.807, 2.05) is 53.9 Å². The first-order valence-corrected chi connectivity index (χ1v) is 5.08. The molecule has 16 heavy (non-hydrogen) atoms. The average molecular weight is 210 g/mol. The first kappa shape index (κ1) is 9.03. The van der Waals surface area contributed by atoms with Crippen LogP contribution in [0.2, 0.25) is 0 Å². The lowest BCUT2D eigenvalue weighted by molar-refractivity contribution is 1.00. The van der Waals surface area contributed by atoms with Crippen molar-refractivity contribution in [1.29, 1.82) is 0 Å². The Balaban J connectivity index is 2.19. The molecule has 0 aliphatic carbocycles. The van der Waals surface area contributed by atoms with Crippen molar-refractivity contribution in [3.63, 3.8) is 0 Å². The molecule has 0 amide bonds. The Morgan fingerprint density at radius 1 is 1.00 bits per heavy atom. The van der Waals surface area contributed by atoms with Crippen LogP contribution in [0.1, 0.15) is 5.82 Å². The van der Waals surface area contributed by atoms with Gasteiger partial charge in [0.2, 0.25) is 0 Å². The van der Waals surface area contributed by atoms with Gasteiger partial charge in [0.15, 0.2) is 0 Å². The quantitative estimate of drug-likeness (QED) is 0.617. The number of nitrogens with zero attached hydrogens (tertiary/aromatic N) is 4. The fourth-order valence-corrected chi connectivity index (χ4v) is 1.67. The highest BCUT2D eigenvalue weighted by Gasteiger charge is 2.04. The van der Waals surface area contributed by atoms with Crippen molar-refractivity contribution in [1.82, 2.24) is 19.6 Å². The van der Waals surface area contributed by atoms with Crippen molar-refractivity contribution in [2.24, 2.45) is 0 Å². The Hall–Kier alpha value is -2.23. The van der Waals surface area contributed by atoms with Crippen molar-refractivity contribution in [3.8, 4) is 11.3 Å². The normalized spacial score (nSPS) is 10.8. The second-order valence-corrected chi connectivity index (χ2v) is 3.60.